The summed E-state index contributed by atoms with van der Waals surface area (Å²) in [6.45, 7) is 1.60. The van der Waals surface area contributed by atoms with Crippen LogP contribution in [-0.2, 0) is 0 Å². The Kier molecular flexibility index (Phi) is 4.67. The van der Waals surface area contributed by atoms with E-state index >= 15 is 0 Å². The second kappa shape index (κ2) is 6.06. The van der Waals surface area contributed by atoms with Gasteiger partial charge in [-0.3, -0.25) is 4.79 Å². The van der Waals surface area contributed by atoms with E-state index in [4.69, 9.17) is 0 Å². The average molecular weight is 377 g/mol. The minimum absolute atomic E-state index is 0.00319. The molecule has 1 unspecified atom stereocenters. The van der Waals surface area contributed by atoms with Crippen molar-refractivity contribution in [3.63, 3.8) is 0 Å². The monoisotopic (exact) mass is 375 g/mol. The molecule has 1 aromatic rings. The predicted octanol–water partition coefficient (Wildman–Crippen LogP) is 3.40. The normalized spacial score (nSPS) is 19.9. The van der Waals surface area contributed by atoms with Crippen LogP contribution in [0.5, 0.6) is 5.75 Å². The Balaban J connectivity index is 2.12. The molecule has 2 rings (SSSR count). The molecule has 0 spiro atoms. The molecule has 0 aliphatic carbocycles. The number of likely N-dealkylation sites (tertiary alicyclic amines) is 1. The van der Waals surface area contributed by atoms with Crippen LogP contribution in [-0.4, -0.2) is 34.3 Å². The van der Waals surface area contributed by atoms with E-state index in [2.05, 4.69) is 31.9 Å². The summed E-state index contributed by atoms with van der Waals surface area (Å²) in [6, 6.07) is 4.96. The number of hydrogen-bond acceptors (Lipinski definition) is 2. The van der Waals surface area contributed by atoms with Crippen LogP contribution < -0.4 is 0 Å². The zero-order valence-corrected chi connectivity index (χ0v) is 13.1. The highest BCUT2D eigenvalue weighted by Crippen LogP contribution is 2.26. The number of carbonyl (C=O) groups excluding carboxylic acids is 1. The lowest BCUT2D eigenvalue weighted by Crippen LogP contribution is -2.40. The van der Waals surface area contributed by atoms with Gasteiger partial charge in [-0.2, -0.15) is 0 Å². The van der Waals surface area contributed by atoms with Crippen LogP contribution in [0.3, 0.4) is 0 Å². The number of aromatic hydroxyl groups is 1. The van der Waals surface area contributed by atoms with E-state index in [-0.39, 0.29) is 11.7 Å². The molecule has 18 heavy (non-hydrogen) atoms. The van der Waals surface area contributed by atoms with Crippen LogP contribution in [0.15, 0.2) is 22.7 Å². The molecule has 3 nitrogen and oxygen atoms in total. The fourth-order valence-electron chi connectivity index (χ4n) is 2.20. The third kappa shape index (κ3) is 3.06. The maximum absolute atomic E-state index is 12.3. The minimum atomic E-state index is 0.00319. The summed E-state index contributed by atoms with van der Waals surface area (Å²) in [7, 11) is 0. The van der Waals surface area contributed by atoms with Gasteiger partial charge in [0.2, 0.25) is 0 Å². The molecule has 1 amide bonds. The van der Waals surface area contributed by atoms with Gasteiger partial charge >= 0.3 is 0 Å². The highest BCUT2D eigenvalue weighted by molar-refractivity contribution is 9.10. The smallest absolute Gasteiger partial charge is 0.253 e. The molecule has 1 saturated heterocycles. The summed E-state index contributed by atoms with van der Waals surface area (Å²) in [5.41, 5.74) is 0.547. The van der Waals surface area contributed by atoms with Crippen molar-refractivity contribution in [3.05, 3.63) is 28.2 Å². The van der Waals surface area contributed by atoms with Crippen molar-refractivity contribution in [1.29, 1.82) is 0 Å². The van der Waals surface area contributed by atoms with Crippen LogP contribution in [0.25, 0.3) is 0 Å². The van der Waals surface area contributed by atoms with E-state index in [1.807, 2.05) is 4.90 Å². The summed E-state index contributed by atoms with van der Waals surface area (Å²) in [6.07, 6.45) is 2.21. The van der Waals surface area contributed by atoms with Gasteiger partial charge in [0, 0.05) is 24.0 Å². The topological polar surface area (TPSA) is 40.5 Å². The van der Waals surface area contributed by atoms with Gasteiger partial charge in [0.15, 0.2) is 0 Å². The molecule has 0 bridgehead atoms. The molecule has 5 heteroatoms. The summed E-state index contributed by atoms with van der Waals surface area (Å²) in [5.74, 6) is 0.644. The average Bonchev–Trinajstić information content (AvgIpc) is 2.41. The van der Waals surface area contributed by atoms with Gasteiger partial charge in [-0.1, -0.05) is 15.9 Å². The van der Waals surface area contributed by atoms with E-state index in [1.54, 1.807) is 12.1 Å². The Morgan fingerprint density at radius 3 is 2.94 bits per heavy atom. The molecule has 1 aliphatic heterocycles. The summed E-state index contributed by atoms with van der Waals surface area (Å²) >= 11 is 6.69. The van der Waals surface area contributed by atoms with E-state index in [0.717, 1.165) is 24.8 Å². The zero-order chi connectivity index (χ0) is 13.1. The molecule has 1 aromatic carbocycles. The van der Waals surface area contributed by atoms with Gasteiger partial charge in [0.1, 0.15) is 5.75 Å². The molecule has 0 aromatic heterocycles. The van der Waals surface area contributed by atoms with Gasteiger partial charge < -0.3 is 10.0 Å². The van der Waals surface area contributed by atoms with Gasteiger partial charge in [-0.05, 0) is 52.9 Å². The van der Waals surface area contributed by atoms with Crippen molar-refractivity contribution in [3.8, 4) is 5.75 Å². The number of benzene rings is 1. The number of alkyl halides is 1. The standard InChI is InChI=1S/C13H15Br2NO2/c14-7-9-2-1-5-16(8-9)13(18)10-3-4-11(15)12(17)6-10/h3-4,6,9,17H,1-2,5,7-8H2. The first kappa shape index (κ1) is 13.9. The number of halogens is 2. The SMILES string of the molecule is O=C(c1ccc(Br)c(O)c1)N1CCCC(CBr)C1. The number of phenols is 1. The largest absolute Gasteiger partial charge is 0.507 e. The fourth-order valence-corrected chi connectivity index (χ4v) is 2.98. The summed E-state index contributed by atoms with van der Waals surface area (Å²) < 4.78 is 0.607. The second-order valence-corrected chi connectivity index (χ2v) is 6.08. The zero-order valence-electron chi connectivity index (χ0n) is 9.90. The first-order valence-corrected chi connectivity index (χ1v) is 7.87. The third-order valence-electron chi connectivity index (χ3n) is 3.22. The third-order valence-corrected chi connectivity index (χ3v) is 4.80. The van der Waals surface area contributed by atoms with Gasteiger partial charge in [-0.25, -0.2) is 0 Å². The molecule has 0 saturated carbocycles. The predicted molar refractivity (Wildman–Crippen MR) is 78.2 cm³/mol. The summed E-state index contributed by atoms with van der Waals surface area (Å²) in [4.78, 5) is 14.2. The number of rotatable bonds is 2. The Hall–Kier alpha value is -0.550. The fraction of sp³-hybridized carbons (Fsp3) is 0.462. The molecule has 0 radical (unpaired) electrons. The van der Waals surface area contributed by atoms with Crippen molar-refractivity contribution in [2.75, 3.05) is 18.4 Å². The first-order valence-electron chi connectivity index (χ1n) is 5.95. The van der Waals surface area contributed by atoms with E-state index in [0.29, 0.717) is 16.0 Å². The molecular formula is C13H15Br2NO2. The molecule has 1 N–H and O–H groups in total. The number of hydrogen-bond donors (Lipinski definition) is 1. The Morgan fingerprint density at radius 1 is 1.50 bits per heavy atom. The maximum atomic E-state index is 12.3. The number of amides is 1. The number of nitrogens with zero attached hydrogens (tertiary/aromatic N) is 1. The van der Waals surface area contributed by atoms with Crippen molar-refractivity contribution in [1.82, 2.24) is 4.90 Å². The number of phenolic OH excluding ortho intramolecular Hbond substituents is 1. The van der Waals surface area contributed by atoms with E-state index in [1.165, 1.54) is 12.5 Å². The van der Waals surface area contributed by atoms with Crippen molar-refractivity contribution in [2.45, 2.75) is 12.8 Å². The van der Waals surface area contributed by atoms with Gasteiger partial charge in [-0.15, -0.1) is 0 Å². The van der Waals surface area contributed by atoms with Crippen molar-refractivity contribution in [2.24, 2.45) is 5.92 Å². The van der Waals surface area contributed by atoms with Crippen LogP contribution in [0.4, 0.5) is 0 Å². The Morgan fingerprint density at radius 2 is 2.28 bits per heavy atom. The quantitative estimate of drug-likeness (QED) is 0.803. The number of carbonyl (C=O) groups is 1. The molecule has 1 aliphatic rings. The lowest BCUT2D eigenvalue weighted by molar-refractivity contribution is 0.0685. The lowest BCUT2D eigenvalue weighted by Gasteiger charge is -2.32. The lowest BCUT2D eigenvalue weighted by atomic mass is 9.99. The maximum Gasteiger partial charge on any atom is 0.253 e. The van der Waals surface area contributed by atoms with Crippen LogP contribution in [0, 0.1) is 5.92 Å². The summed E-state index contributed by atoms with van der Waals surface area (Å²) in [5, 5.41) is 10.6. The molecule has 1 atom stereocenters. The second-order valence-electron chi connectivity index (χ2n) is 4.58. The molecule has 1 heterocycles. The minimum Gasteiger partial charge on any atom is -0.507 e. The highest BCUT2D eigenvalue weighted by Gasteiger charge is 2.24. The van der Waals surface area contributed by atoms with Crippen molar-refractivity contribution < 1.29 is 9.90 Å². The van der Waals surface area contributed by atoms with E-state index in [9.17, 15) is 9.90 Å². The van der Waals surface area contributed by atoms with Crippen molar-refractivity contribution >= 4 is 37.8 Å². The number of piperidine rings is 1. The van der Waals surface area contributed by atoms with Gasteiger partial charge in [0.05, 0.1) is 4.47 Å². The molecule has 98 valence electrons. The van der Waals surface area contributed by atoms with Gasteiger partial charge in [0.25, 0.3) is 5.91 Å². The van der Waals surface area contributed by atoms with E-state index < -0.39 is 0 Å². The Labute approximate surface area is 123 Å². The molecule has 1 fully saturated rings. The first-order chi connectivity index (χ1) is 8.61. The highest BCUT2D eigenvalue weighted by atomic mass is 79.9. The van der Waals surface area contributed by atoms with Crippen LogP contribution >= 0.6 is 31.9 Å². The molecular weight excluding hydrogens is 362 g/mol. The van der Waals surface area contributed by atoms with Crippen LogP contribution in [0.2, 0.25) is 0 Å². The Bertz CT molecular complexity index is 451. The van der Waals surface area contributed by atoms with Crippen LogP contribution in [0.1, 0.15) is 23.2 Å².